The number of fused-ring (bicyclic) bond motifs is 1. The summed E-state index contributed by atoms with van der Waals surface area (Å²) in [7, 11) is -4.06. The lowest BCUT2D eigenvalue weighted by Crippen LogP contribution is -2.42. The number of H-pyrrole nitrogens is 1. The van der Waals surface area contributed by atoms with E-state index in [0.717, 1.165) is 35.8 Å². The van der Waals surface area contributed by atoms with Crippen LogP contribution in [0.3, 0.4) is 0 Å². The van der Waals surface area contributed by atoms with Gasteiger partial charge in [-0.3, -0.25) is 9.69 Å². The van der Waals surface area contributed by atoms with Crippen molar-refractivity contribution in [1.82, 2.24) is 19.9 Å². The molecule has 0 bridgehead atoms. The van der Waals surface area contributed by atoms with Gasteiger partial charge in [-0.1, -0.05) is 72.8 Å². The van der Waals surface area contributed by atoms with E-state index < -0.39 is 10.0 Å². The number of ketones is 1. The molecule has 0 radical (unpaired) electrons. The van der Waals surface area contributed by atoms with E-state index in [4.69, 9.17) is 0 Å². The average molecular weight is 608 g/mol. The number of anilines is 1. The van der Waals surface area contributed by atoms with Gasteiger partial charge in [0.1, 0.15) is 5.52 Å². The molecule has 1 saturated carbocycles. The first-order valence-electron chi connectivity index (χ1n) is 15.1. The standard InChI is InChI=1S/C35H37N5O3S/c1-26-9-8-14-31(21-26)44(42,43)40(34-22-37-35-32(38-34)19-20-36-35)25-33(41)29-15-17-30(18-16-29)39(23-27-10-4-2-5-11-27)24-28-12-6-3-7-13-28/h2-14,19-22,29-30H,15-18,23-25H2,1H3,(H,36,37). The second-order valence-corrected chi connectivity index (χ2v) is 13.5. The third-order valence-corrected chi connectivity index (χ3v) is 10.3. The van der Waals surface area contributed by atoms with Gasteiger partial charge in [0.25, 0.3) is 10.0 Å². The van der Waals surface area contributed by atoms with E-state index in [1.54, 1.807) is 30.5 Å². The Balaban J connectivity index is 1.20. The van der Waals surface area contributed by atoms with Crippen molar-refractivity contribution in [3.8, 4) is 0 Å². The van der Waals surface area contributed by atoms with Crippen LogP contribution in [-0.4, -0.2) is 46.6 Å². The summed E-state index contributed by atoms with van der Waals surface area (Å²) in [5.41, 5.74) is 4.44. The molecule has 2 heterocycles. The molecular formula is C35H37N5O3S. The van der Waals surface area contributed by atoms with Crippen LogP contribution in [0, 0.1) is 12.8 Å². The van der Waals surface area contributed by atoms with E-state index in [1.807, 2.05) is 25.1 Å². The molecule has 226 valence electrons. The zero-order valence-electron chi connectivity index (χ0n) is 24.8. The summed E-state index contributed by atoms with van der Waals surface area (Å²) in [5, 5.41) is 0. The molecule has 1 aliphatic carbocycles. The number of hydrogen-bond donors (Lipinski definition) is 1. The summed E-state index contributed by atoms with van der Waals surface area (Å²) in [5.74, 6) is -0.174. The molecule has 2 aromatic heterocycles. The fraction of sp³-hybridized carbons (Fsp3) is 0.286. The molecule has 5 aromatic rings. The Morgan fingerprint density at radius 1 is 0.864 bits per heavy atom. The van der Waals surface area contributed by atoms with Gasteiger partial charge >= 0.3 is 0 Å². The van der Waals surface area contributed by atoms with E-state index in [9.17, 15) is 13.2 Å². The third-order valence-electron chi connectivity index (χ3n) is 8.51. The minimum absolute atomic E-state index is 0.0895. The van der Waals surface area contributed by atoms with E-state index in [0.29, 0.717) is 30.0 Å². The molecule has 9 heteroatoms. The first-order valence-corrected chi connectivity index (χ1v) is 16.5. The van der Waals surface area contributed by atoms with Gasteiger partial charge in [-0.05, 0) is 67.5 Å². The van der Waals surface area contributed by atoms with Crippen LogP contribution in [0.1, 0.15) is 42.4 Å². The highest BCUT2D eigenvalue weighted by Crippen LogP contribution is 2.32. The second kappa shape index (κ2) is 13.1. The molecule has 0 aliphatic heterocycles. The number of rotatable bonds is 11. The van der Waals surface area contributed by atoms with Crippen molar-refractivity contribution in [3.63, 3.8) is 0 Å². The Hall–Kier alpha value is -4.34. The summed E-state index contributed by atoms with van der Waals surface area (Å²) in [4.78, 5) is 28.4. The van der Waals surface area contributed by atoms with Crippen LogP contribution in [0.25, 0.3) is 11.2 Å². The van der Waals surface area contributed by atoms with Gasteiger partial charge in [-0.2, -0.15) is 0 Å². The predicted octanol–water partition coefficient (Wildman–Crippen LogP) is 6.29. The fourth-order valence-electron chi connectivity index (χ4n) is 6.12. The van der Waals surface area contributed by atoms with Crippen LogP contribution in [0.4, 0.5) is 5.82 Å². The topological polar surface area (TPSA) is 99.3 Å². The Morgan fingerprint density at radius 3 is 2.16 bits per heavy atom. The van der Waals surface area contributed by atoms with Crippen LogP contribution < -0.4 is 4.31 Å². The zero-order chi connectivity index (χ0) is 30.5. The van der Waals surface area contributed by atoms with Crippen molar-refractivity contribution >= 4 is 32.8 Å². The molecule has 44 heavy (non-hydrogen) atoms. The SMILES string of the molecule is Cc1cccc(S(=O)(=O)N(CC(=O)C2CCC(N(Cc3ccccc3)Cc3ccccc3)CC2)c2cnc3[nH]ccc3n2)c1. The number of aryl methyl sites for hydroxylation is 1. The molecule has 0 saturated heterocycles. The normalized spacial score (nSPS) is 17.1. The van der Waals surface area contributed by atoms with Crippen molar-refractivity contribution in [3.05, 3.63) is 120 Å². The first-order chi connectivity index (χ1) is 21.4. The number of Topliss-reactive ketones (excluding diaryl/α,β-unsaturated/α-hetero) is 1. The van der Waals surface area contributed by atoms with Crippen molar-refractivity contribution in [1.29, 1.82) is 0 Å². The Bertz CT molecular complexity index is 1780. The fourth-order valence-corrected chi connectivity index (χ4v) is 7.59. The molecule has 0 unspecified atom stereocenters. The molecule has 0 amide bonds. The van der Waals surface area contributed by atoms with Gasteiger partial charge < -0.3 is 4.98 Å². The van der Waals surface area contributed by atoms with Gasteiger partial charge in [-0.15, -0.1) is 0 Å². The largest absolute Gasteiger partial charge is 0.345 e. The van der Waals surface area contributed by atoms with Gasteiger partial charge in [0.15, 0.2) is 17.2 Å². The molecule has 1 aliphatic rings. The number of aromatic amines is 1. The average Bonchev–Trinajstić information content (AvgIpc) is 3.52. The summed E-state index contributed by atoms with van der Waals surface area (Å²) < 4.78 is 29.0. The maximum absolute atomic E-state index is 14.0. The second-order valence-electron chi connectivity index (χ2n) is 11.6. The monoisotopic (exact) mass is 607 g/mol. The van der Waals surface area contributed by atoms with Crippen LogP contribution in [0.5, 0.6) is 0 Å². The van der Waals surface area contributed by atoms with Gasteiger partial charge in [-0.25, -0.2) is 22.7 Å². The molecule has 3 aromatic carbocycles. The van der Waals surface area contributed by atoms with Crippen molar-refractivity contribution in [2.24, 2.45) is 5.92 Å². The highest BCUT2D eigenvalue weighted by molar-refractivity contribution is 7.92. The lowest BCUT2D eigenvalue weighted by molar-refractivity contribution is -0.122. The molecule has 0 atom stereocenters. The minimum Gasteiger partial charge on any atom is -0.345 e. The Labute approximate surface area is 258 Å². The molecule has 1 fully saturated rings. The molecule has 8 nitrogen and oxygen atoms in total. The van der Waals surface area contributed by atoms with Crippen LogP contribution >= 0.6 is 0 Å². The smallest absolute Gasteiger partial charge is 0.265 e. The van der Waals surface area contributed by atoms with Gasteiger partial charge in [0.2, 0.25) is 0 Å². The van der Waals surface area contributed by atoms with E-state index in [-0.39, 0.29) is 29.0 Å². The number of benzene rings is 3. The first kappa shape index (κ1) is 29.7. The highest BCUT2D eigenvalue weighted by Gasteiger charge is 2.34. The van der Waals surface area contributed by atoms with Crippen LogP contribution in [0.2, 0.25) is 0 Å². The maximum atomic E-state index is 14.0. The van der Waals surface area contributed by atoms with Crippen molar-refractivity contribution in [2.45, 2.75) is 56.6 Å². The van der Waals surface area contributed by atoms with Crippen LogP contribution in [0.15, 0.2) is 108 Å². The molecule has 6 rings (SSSR count). The minimum atomic E-state index is -4.06. The number of aromatic nitrogens is 3. The van der Waals surface area contributed by atoms with E-state index in [1.165, 1.54) is 17.3 Å². The van der Waals surface area contributed by atoms with E-state index >= 15 is 0 Å². The molecule has 1 N–H and O–H groups in total. The van der Waals surface area contributed by atoms with Gasteiger partial charge in [0, 0.05) is 31.2 Å². The number of nitrogens with one attached hydrogen (secondary N) is 1. The third kappa shape index (κ3) is 6.74. The summed E-state index contributed by atoms with van der Waals surface area (Å²) in [6.07, 6.45) is 6.29. The van der Waals surface area contributed by atoms with Gasteiger partial charge in [0.05, 0.1) is 17.6 Å². The van der Waals surface area contributed by atoms with Crippen LogP contribution in [-0.2, 0) is 27.9 Å². The summed E-state index contributed by atoms with van der Waals surface area (Å²) in [6.45, 7) is 3.23. The van der Waals surface area contributed by atoms with E-state index in [2.05, 4.69) is 68.4 Å². The highest BCUT2D eigenvalue weighted by atomic mass is 32.2. The number of hydrogen-bond acceptors (Lipinski definition) is 6. The number of carbonyl (C=O) groups excluding carboxylic acids is 1. The molecular weight excluding hydrogens is 570 g/mol. The van der Waals surface area contributed by atoms with Crippen molar-refractivity contribution < 1.29 is 13.2 Å². The zero-order valence-corrected chi connectivity index (χ0v) is 25.7. The Kier molecular flexibility index (Phi) is 8.86. The maximum Gasteiger partial charge on any atom is 0.265 e. The van der Waals surface area contributed by atoms with Crippen molar-refractivity contribution in [2.75, 3.05) is 10.8 Å². The number of carbonyl (C=O) groups is 1. The lowest BCUT2D eigenvalue weighted by atomic mass is 9.82. The lowest BCUT2D eigenvalue weighted by Gasteiger charge is -2.37. The summed E-state index contributed by atoms with van der Waals surface area (Å²) in [6, 6.07) is 29.8. The number of nitrogens with zero attached hydrogens (tertiary/aromatic N) is 4. The predicted molar refractivity (Wildman–Crippen MR) is 172 cm³/mol. The summed E-state index contributed by atoms with van der Waals surface area (Å²) >= 11 is 0. The molecule has 0 spiro atoms. The number of sulfonamides is 1. The quantitative estimate of drug-likeness (QED) is 0.189. The Morgan fingerprint density at radius 2 is 1.52 bits per heavy atom.